The molecule has 1 aromatic rings. The van der Waals surface area contributed by atoms with Crippen molar-refractivity contribution in [2.24, 2.45) is 0 Å². The van der Waals surface area contributed by atoms with Crippen molar-refractivity contribution in [1.82, 2.24) is 5.32 Å². The lowest BCUT2D eigenvalue weighted by Gasteiger charge is -2.04. The zero-order valence-corrected chi connectivity index (χ0v) is 9.93. The van der Waals surface area contributed by atoms with Crippen molar-refractivity contribution < 1.29 is 22.0 Å². The van der Waals surface area contributed by atoms with E-state index < -0.39 is 27.9 Å². The van der Waals surface area contributed by atoms with E-state index in [9.17, 15) is 22.0 Å². The third-order valence-corrected chi connectivity index (χ3v) is 3.18. The van der Waals surface area contributed by atoms with Crippen LogP contribution in [0.2, 0.25) is 0 Å². The van der Waals surface area contributed by atoms with Crippen LogP contribution in [0.15, 0.2) is 29.2 Å². The van der Waals surface area contributed by atoms with Crippen molar-refractivity contribution in [2.75, 3.05) is 6.54 Å². The molecule has 0 fully saturated rings. The molecule has 0 aliphatic rings. The molecule has 0 radical (unpaired) electrons. The Bertz CT molecular complexity index is 501. The van der Waals surface area contributed by atoms with Gasteiger partial charge in [0.05, 0.1) is 11.4 Å². The van der Waals surface area contributed by atoms with E-state index in [0.29, 0.717) is 0 Å². The van der Waals surface area contributed by atoms with E-state index in [1.165, 1.54) is 12.1 Å². The summed E-state index contributed by atoms with van der Waals surface area (Å²) in [6.07, 6.45) is -2.64. The van der Waals surface area contributed by atoms with Crippen molar-refractivity contribution in [1.29, 1.82) is 0 Å². The molecule has 0 aliphatic heterocycles. The van der Waals surface area contributed by atoms with Crippen molar-refractivity contribution in [3.05, 3.63) is 29.8 Å². The second kappa shape index (κ2) is 5.42. The van der Waals surface area contributed by atoms with E-state index in [2.05, 4.69) is 0 Å². The molecular weight excluding hydrogens is 276 g/mol. The molecule has 0 heterocycles. The van der Waals surface area contributed by atoms with Crippen LogP contribution in [-0.4, -0.2) is 27.3 Å². The number of halogens is 3. The van der Waals surface area contributed by atoms with Crippen molar-refractivity contribution in [3.8, 4) is 0 Å². The topological polar surface area (TPSA) is 63.2 Å². The zero-order valence-electron chi connectivity index (χ0n) is 8.36. The number of carbonyl (C=O) groups is 1. The third kappa shape index (κ3) is 4.27. The van der Waals surface area contributed by atoms with Crippen LogP contribution >= 0.6 is 10.7 Å². The predicted octanol–water partition coefficient (Wildman–Crippen LogP) is 1.61. The smallest absolute Gasteiger partial charge is 0.261 e. The van der Waals surface area contributed by atoms with Crippen LogP contribution < -0.4 is 5.32 Å². The molecule has 1 rings (SSSR count). The second-order valence-corrected chi connectivity index (χ2v) is 5.63. The average Bonchev–Trinajstić information content (AvgIpc) is 2.25. The van der Waals surface area contributed by atoms with Gasteiger partial charge in [-0.2, -0.15) is 0 Å². The number of nitrogens with one attached hydrogen (secondary N) is 1. The minimum absolute atomic E-state index is 0.0784. The fourth-order valence-electron chi connectivity index (χ4n) is 1.04. The lowest BCUT2D eigenvalue weighted by Crippen LogP contribution is -2.28. The SMILES string of the molecule is O=C(NCC(F)F)c1ccc(S(=O)(=O)Cl)cc1. The van der Waals surface area contributed by atoms with E-state index in [-0.39, 0.29) is 10.5 Å². The first kappa shape index (κ1) is 13.9. The first-order valence-electron chi connectivity index (χ1n) is 4.42. The normalized spacial score (nSPS) is 11.5. The maximum Gasteiger partial charge on any atom is 0.261 e. The Morgan fingerprint density at radius 3 is 2.24 bits per heavy atom. The molecular formula is C9H8ClF2NO3S. The van der Waals surface area contributed by atoms with Gasteiger partial charge in [-0.15, -0.1) is 0 Å². The van der Waals surface area contributed by atoms with E-state index >= 15 is 0 Å². The first-order valence-corrected chi connectivity index (χ1v) is 6.72. The number of amides is 1. The molecule has 0 bridgehead atoms. The molecule has 94 valence electrons. The number of carbonyl (C=O) groups excluding carboxylic acids is 1. The summed E-state index contributed by atoms with van der Waals surface area (Å²) in [5, 5.41) is 1.99. The monoisotopic (exact) mass is 283 g/mol. The van der Waals surface area contributed by atoms with Gasteiger partial charge in [-0.25, -0.2) is 17.2 Å². The van der Waals surface area contributed by atoms with E-state index in [4.69, 9.17) is 10.7 Å². The predicted molar refractivity (Wildman–Crippen MR) is 57.8 cm³/mol. The Kier molecular flexibility index (Phi) is 4.41. The minimum atomic E-state index is -3.85. The maximum atomic E-state index is 11.8. The summed E-state index contributed by atoms with van der Waals surface area (Å²) in [5.74, 6) is -0.705. The van der Waals surface area contributed by atoms with Crippen LogP contribution in [-0.2, 0) is 9.05 Å². The van der Waals surface area contributed by atoms with Crippen LogP contribution in [0, 0.1) is 0 Å². The highest BCUT2D eigenvalue weighted by atomic mass is 35.7. The summed E-state index contributed by atoms with van der Waals surface area (Å²) < 4.78 is 45.4. The summed E-state index contributed by atoms with van der Waals surface area (Å²) in [4.78, 5) is 11.1. The van der Waals surface area contributed by atoms with Crippen LogP contribution in [0.5, 0.6) is 0 Å². The summed E-state index contributed by atoms with van der Waals surface area (Å²) in [5.41, 5.74) is 0.0784. The Hall–Kier alpha value is -1.21. The van der Waals surface area contributed by atoms with Crippen molar-refractivity contribution in [2.45, 2.75) is 11.3 Å². The molecule has 17 heavy (non-hydrogen) atoms. The fraction of sp³-hybridized carbons (Fsp3) is 0.222. The molecule has 0 atom stereocenters. The number of hydrogen-bond donors (Lipinski definition) is 1. The minimum Gasteiger partial charge on any atom is -0.346 e. The Labute approximate surface area is 101 Å². The largest absolute Gasteiger partial charge is 0.346 e. The highest BCUT2D eigenvalue weighted by Gasteiger charge is 2.12. The van der Waals surface area contributed by atoms with Gasteiger partial charge in [0.15, 0.2) is 0 Å². The molecule has 1 N–H and O–H groups in total. The molecule has 1 aromatic carbocycles. The van der Waals surface area contributed by atoms with Gasteiger partial charge >= 0.3 is 0 Å². The van der Waals surface area contributed by atoms with Gasteiger partial charge in [0.25, 0.3) is 21.4 Å². The highest BCUT2D eigenvalue weighted by Crippen LogP contribution is 2.15. The first-order chi connectivity index (χ1) is 7.80. The van der Waals surface area contributed by atoms with Gasteiger partial charge in [-0.1, -0.05) is 0 Å². The highest BCUT2D eigenvalue weighted by molar-refractivity contribution is 8.13. The zero-order chi connectivity index (χ0) is 13.1. The van der Waals surface area contributed by atoms with Gasteiger partial charge in [0.2, 0.25) is 0 Å². The molecule has 0 saturated heterocycles. The van der Waals surface area contributed by atoms with Crippen molar-refractivity contribution in [3.63, 3.8) is 0 Å². The van der Waals surface area contributed by atoms with Crippen LogP contribution in [0.1, 0.15) is 10.4 Å². The molecule has 8 heteroatoms. The van der Waals surface area contributed by atoms with Crippen LogP contribution in [0.4, 0.5) is 8.78 Å². The van der Waals surface area contributed by atoms with E-state index in [1.807, 2.05) is 5.32 Å². The Morgan fingerprint density at radius 2 is 1.82 bits per heavy atom. The molecule has 0 saturated carbocycles. The van der Waals surface area contributed by atoms with Gasteiger partial charge in [0.1, 0.15) is 0 Å². The van der Waals surface area contributed by atoms with Crippen LogP contribution in [0.3, 0.4) is 0 Å². The van der Waals surface area contributed by atoms with Gasteiger partial charge < -0.3 is 5.32 Å². The number of hydrogen-bond acceptors (Lipinski definition) is 3. The number of rotatable bonds is 4. The van der Waals surface area contributed by atoms with Gasteiger partial charge in [-0.05, 0) is 24.3 Å². The number of benzene rings is 1. The van der Waals surface area contributed by atoms with Crippen LogP contribution in [0.25, 0.3) is 0 Å². The molecule has 0 aromatic heterocycles. The molecule has 4 nitrogen and oxygen atoms in total. The summed E-state index contributed by atoms with van der Waals surface area (Å²) in [6.45, 7) is -0.756. The third-order valence-electron chi connectivity index (χ3n) is 1.81. The number of alkyl halides is 2. The standard InChI is InChI=1S/C9H8ClF2NO3S/c10-17(15,16)7-3-1-6(2-4-7)9(14)13-5-8(11)12/h1-4,8H,5H2,(H,13,14). The Balaban J connectivity index is 2.78. The summed E-state index contributed by atoms with van der Waals surface area (Å²) >= 11 is 0. The van der Waals surface area contributed by atoms with E-state index in [1.54, 1.807) is 0 Å². The lowest BCUT2D eigenvalue weighted by molar-refractivity contribution is 0.0891. The average molecular weight is 284 g/mol. The molecule has 0 spiro atoms. The Morgan fingerprint density at radius 1 is 1.29 bits per heavy atom. The molecule has 0 aliphatic carbocycles. The van der Waals surface area contributed by atoms with E-state index in [0.717, 1.165) is 12.1 Å². The van der Waals surface area contributed by atoms with Gasteiger partial charge in [-0.3, -0.25) is 4.79 Å². The quantitative estimate of drug-likeness (QED) is 0.854. The fourth-order valence-corrected chi connectivity index (χ4v) is 1.81. The lowest BCUT2D eigenvalue weighted by atomic mass is 10.2. The van der Waals surface area contributed by atoms with Crippen molar-refractivity contribution >= 4 is 25.6 Å². The second-order valence-electron chi connectivity index (χ2n) is 3.06. The maximum absolute atomic E-state index is 11.8. The summed E-state index contributed by atoms with van der Waals surface area (Å²) in [6, 6.07) is 4.63. The molecule has 1 amide bonds. The molecule has 0 unspecified atom stereocenters. The van der Waals surface area contributed by atoms with Gasteiger partial charge in [0, 0.05) is 16.2 Å². The summed E-state index contributed by atoms with van der Waals surface area (Å²) in [7, 11) is 1.22.